The molecule has 66 valence electrons. The molecule has 2 N–H and O–H groups in total. The largest absolute Gasteiger partial charge is 0.324 e. The molecule has 0 spiro atoms. The molecule has 0 bridgehead atoms. The predicted octanol–water partition coefficient (Wildman–Crippen LogP) is 2.83. The summed E-state index contributed by atoms with van der Waals surface area (Å²) in [5, 5.41) is 0. The molecule has 12 heavy (non-hydrogen) atoms. The fourth-order valence-electron chi connectivity index (χ4n) is 1.18. The minimum absolute atomic E-state index is 0.145. The summed E-state index contributed by atoms with van der Waals surface area (Å²) in [5.41, 5.74) is 8.32. The molecule has 0 fully saturated rings. The van der Waals surface area contributed by atoms with Crippen LogP contribution in [-0.2, 0) is 0 Å². The molecule has 1 rings (SSSR count). The quantitative estimate of drug-likeness (QED) is 0.712. The molecule has 1 nitrogen and oxygen atoms in total. The summed E-state index contributed by atoms with van der Waals surface area (Å²) < 4.78 is 0. The van der Waals surface area contributed by atoms with E-state index in [2.05, 4.69) is 38.1 Å². The van der Waals surface area contributed by atoms with Crippen LogP contribution in [0.1, 0.15) is 43.9 Å². The first-order valence-electron chi connectivity index (χ1n) is 4.46. The van der Waals surface area contributed by atoms with Gasteiger partial charge in [-0.3, -0.25) is 0 Å². The lowest BCUT2D eigenvalue weighted by molar-refractivity contribution is 0.811. The van der Waals surface area contributed by atoms with E-state index in [0.29, 0.717) is 5.92 Å². The van der Waals surface area contributed by atoms with Crippen LogP contribution in [0.4, 0.5) is 0 Å². The third-order valence-corrected chi connectivity index (χ3v) is 2.13. The van der Waals surface area contributed by atoms with Crippen molar-refractivity contribution in [2.45, 2.75) is 32.7 Å². The van der Waals surface area contributed by atoms with Crippen molar-refractivity contribution in [3.05, 3.63) is 35.4 Å². The number of benzene rings is 1. The Morgan fingerprint density at radius 3 is 1.67 bits per heavy atom. The number of rotatable bonds is 2. The standard InChI is InChI=1S/C11H17N/c1-8(2)10-4-6-11(7-5-10)9(3)12/h4-9H,12H2,1-3H3. The fourth-order valence-corrected chi connectivity index (χ4v) is 1.18. The number of nitrogens with two attached hydrogens (primary N) is 1. The maximum atomic E-state index is 5.74. The molecule has 0 heterocycles. The Hall–Kier alpha value is -0.820. The molecular formula is C11H17N. The van der Waals surface area contributed by atoms with Gasteiger partial charge in [-0.05, 0) is 24.0 Å². The van der Waals surface area contributed by atoms with Gasteiger partial charge in [0.05, 0.1) is 0 Å². The Morgan fingerprint density at radius 1 is 0.917 bits per heavy atom. The van der Waals surface area contributed by atoms with Crippen LogP contribution in [0.3, 0.4) is 0 Å². The van der Waals surface area contributed by atoms with Gasteiger partial charge < -0.3 is 5.73 Å². The average Bonchev–Trinajstić information content (AvgIpc) is 2.04. The Balaban J connectivity index is 2.86. The van der Waals surface area contributed by atoms with Gasteiger partial charge in [0.15, 0.2) is 0 Å². The normalized spacial score (nSPS) is 13.4. The van der Waals surface area contributed by atoms with E-state index in [-0.39, 0.29) is 6.04 Å². The van der Waals surface area contributed by atoms with Gasteiger partial charge in [-0.2, -0.15) is 0 Å². The van der Waals surface area contributed by atoms with E-state index >= 15 is 0 Å². The first-order valence-corrected chi connectivity index (χ1v) is 4.46. The molecule has 0 radical (unpaired) electrons. The van der Waals surface area contributed by atoms with Crippen LogP contribution in [0.5, 0.6) is 0 Å². The third kappa shape index (κ3) is 2.08. The van der Waals surface area contributed by atoms with E-state index in [1.54, 1.807) is 0 Å². The van der Waals surface area contributed by atoms with E-state index in [1.165, 1.54) is 11.1 Å². The van der Waals surface area contributed by atoms with Crippen LogP contribution in [0, 0.1) is 0 Å². The van der Waals surface area contributed by atoms with Crippen molar-refractivity contribution in [2.24, 2.45) is 5.73 Å². The van der Waals surface area contributed by atoms with Crippen LogP contribution in [0.2, 0.25) is 0 Å². The van der Waals surface area contributed by atoms with E-state index in [4.69, 9.17) is 5.73 Å². The summed E-state index contributed by atoms with van der Waals surface area (Å²) in [6, 6.07) is 8.68. The SMILES string of the molecule is CC(C)c1ccc(C(C)N)cc1. The summed E-state index contributed by atoms with van der Waals surface area (Å²) in [7, 11) is 0. The summed E-state index contributed by atoms with van der Waals surface area (Å²) in [5.74, 6) is 0.604. The van der Waals surface area contributed by atoms with Crippen LogP contribution in [0.25, 0.3) is 0 Å². The van der Waals surface area contributed by atoms with E-state index in [9.17, 15) is 0 Å². The van der Waals surface area contributed by atoms with Gasteiger partial charge in [-0.1, -0.05) is 38.1 Å². The Labute approximate surface area is 74.6 Å². The zero-order valence-electron chi connectivity index (χ0n) is 8.04. The lowest BCUT2D eigenvalue weighted by Gasteiger charge is -2.08. The van der Waals surface area contributed by atoms with Crippen LogP contribution in [0.15, 0.2) is 24.3 Å². The van der Waals surface area contributed by atoms with Crippen LogP contribution >= 0.6 is 0 Å². The number of hydrogen-bond acceptors (Lipinski definition) is 1. The molecular weight excluding hydrogens is 146 g/mol. The molecule has 0 amide bonds. The molecule has 1 aromatic rings. The van der Waals surface area contributed by atoms with Crippen molar-refractivity contribution in [3.63, 3.8) is 0 Å². The van der Waals surface area contributed by atoms with Crippen LogP contribution in [-0.4, -0.2) is 0 Å². The molecule has 0 saturated heterocycles. The topological polar surface area (TPSA) is 26.0 Å². The molecule has 1 unspecified atom stereocenters. The van der Waals surface area contributed by atoms with Crippen molar-refractivity contribution < 1.29 is 0 Å². The highest BCUT2D eigenvalue weighted by Crippen LogP contribution is 2.16. The van der Waals surface area contributed by atoms with E-state index in [1.807, 2.05) is 6.92 Å². The van der Waals surface area contributed by atoms with Crippen LogP contribution < -0.4 is 5.73 Å². The van der Waals surface area contributed by atoms with Crippen molar-refractivity contribution in [2.75, 3.05) is 0 Å². The smallest absolute Gasteiger partial charge is 0.0266 e. The summed E-state index contributed by atoms with van der Waals surface area (Å²) in [4.78, 5) is 0. The summed E-state index contributed by atoms with van der Waals surface area (Å²) >= 11 is 0. The van der Waals surface area contributed by atoms with Crippen molar-refractivity contribution in [1.29, 1.82) is 0 Å². The molecule has 0 aromatic heterocycles. The molecule has 0 aliphatic rings. The van der Waals surface area contributed by atoms with Crippen molar-refractivity contribution in [1.82, 2.24) is 0 Å². The lowest BCUT2D eigenvalue weighted by atomic mass is 10.00. The second-order valence-electron chi connectivity index (χ2n) is 3.61. The van der Waals surface area contributed by atoms with Gasteiger partial charge in [0.2, 0.25) is 0 Å². The van der Waals surface area contributed by atoms with Gasteiger partial charge in [0.25, 0.3) is 0 Å². The minimum atomic E-state index is 0.145. The second kappa shape index (κ2) is 3.72. The predicted molar refractivity (Wildman–Crippen MR) is 53.1 cm³/mol. The summed E-state index contributed by atoms with van der Waals surface area (Å²) in [6.07, 6.45) is 0. The molecule has 1 heteroatoms. The van der Waals surface area contributed by atoms with Crippen molar-refractivity contribution in [3.8, 4) is 0 Å². The first kappa shape index (κ1) is 9.27. The molecule has 0 saturated carbocycles. The molecule has 0 aliphatic carbocycles. The highest BCUT2D eigenvalue weighted by Gasteiger charge is 2.00. The first-order chi connectivity index (χ1) is 5.61. The maximum Gasteiger partial charge on any atom is 0.0266 e. The fraction of sp³-hybridized carbons (Fsp3) is 0.455. The van der Waals surface area contributed by atoms with Gasteiger partial charge in [-0.15, -0.1) is 0 Å². The van der Waals surface area contributed by atoms with Gasteiger partial charge in [0.1, 0.15) is 0 Å². The van der Waals surface area contributed by atoms with Crippen molar-refractivity contribution >= 4 is 0 Å². The minimum Gasteiger partial charge on any atom is -0.324 e. The number of hydrogen-bond donors (Lipinski definition) is 1. The Morgan fingerprint density at radius 2 is 1.33 bits per heavy atom. The maximum absolute atomic E-state index is 5.74. The average molecular weight is 163 g/mol. The molecule has 1 atom stereocenters. The third-order valence-electron chi connectivity index (χ3n) is 2.13. The molecule has 0 aliphatic heterocycles. The monoisotopic (exact) mass is 163 g/mol. The van der Waals surface area contributed by atoms with Gasteiger partial charge >= 0.3 is 0 Å². The van der Waals surface area contributed by atoms with E-state index < -0.39 is 0 Å². The Bertz CT molecular complexity index is 207. The summed E-state index contributed by atoms with van der Waals surface area (Å²) in [6.45, 7) is 6.39. The van der Waals surface area contributed by atoms with Gasteiger partial charge in [0, 0.05) is 6.04 Å². The second-order valence-corrected chi connectivity index (χ2v) is 3.61. The zero-order valence-corrected chi connectivity index (χ0v) is 8.04. The highest BCUT2D eigenvalue weighted by atomic mass is 14.6. The zero-order chi connectivity index (χ0) is 9.14. The lowest BCUT2D eigenvalue weighted by Crippen LogP contribution is -2.04. The Kier molecular flexibility index (Phi) is 2.88. The van der Waals surface area contributed by atoms with E-state index in [0.717, 1.165) is 0 Å². The van der Waals surface area contributed by atoms with Gasteiger partial charge in [-0.25, -0.2) is 0 Å². The molecule has 1 aromatic carbocycles. The highest BCUT2D eigenvalue weighted by molar-refractivity contribution is 5.26.